The minimum Gasteiger partial charge on any atom is -0.367 e. The molecule has 2 N–H and O–H groups in total. The van der Waals surface area contributed by atoms with Crippen LogP contribution in [0.25, 0.3) is 0 Å². The maximum absolute atomic E-state index is 13.6. The Kier molecular flexibility index (Phi) is 5.73. The maximum Gasteiger partial charge on any atom is 0.410 e. The van der Waals surface area contributed by atoms with Crippen LogP contribution in [0.2, 0.25) is 0 Å². The average molecular weight is 421 g/mol. The molecule has 2 aromatic rings. The summed E-state index contributed by atoms with van der Waals surface area (Å²) in [5.41, 5.74) is 1.41. The van der Waals surface area contributed by atoms with E-state index in [2.05, 4.69) is 15.7 Å². The number of hydrogen-bond acceptors (Lipinski definition) is 4. The molecule has 0 spiro atoms. The van der Waals surface area contributed by atoms with Crippen molar-refractivity contribution in [3.05, 3.63) is 42.1 Å². The van der Waals surface area contributed by atoms with Crippen LogP contribution >= 0.6 is 0 Å². The number of anilines is 2. The van der Waals surface area contributed by atoms with Crippen molar-refractivity contribution in [3.63, 3.8) is 0 Å². The van der Waals surface area contributed by atoms with Crippen molar-refractivity contribution in [1.29, 1.82) is 0 Å². The number of benzene rings is 1. The van der Waals surface area contributed by atoms with Crippen molar-refractivity contribution in [2.24, 2.45) is 0 Å². The van der Waals surface area contributed by atoms with Gasteiger partial charge in [0.1, 0.15) is 5.82 Å². The standard InChI is InChI=1S/C21H26F3N5O/c1-2-15-10-18(21(22,23)24)29-19(25-15)11-17(27-29)14-8-9-28(12-14)13-20(30)26-16-6-4-3-5-7-16/h3-7,11,14-15,18,25H,2,8-10,12-13H2,1H3,(H,26,30)/t14-,15+,18-/m1/s1. The zero-order chi connectivity index (χ0) is 21.3. The molecule has 6 nitrogen and oxygen atoms in total. The van der Waals surface area contributed by atoms with Crippen molar-refractivity contribution in [2.45, 2.75) is 50.4 Å². The Hall–Kier alpha value is -2.55. The second-order valence-electron chi connectivity index (χ2n) is 8.08. The predicted octanol–water partition coefficient (Wildman–Crippen LogP) is 4.01. The van der Waals surface area contributed by atoms with Crippen molar-refractivity contribution < 1.29 is 18.0 Å². The fourth-order valence-electron chi connectivity index (χ4n) is 4.28. The number of carbonyl (C=O) groups is 1. The van der Waals surface area contributed by atoms with Gasteiger partial charge in [-0.05, 0) is 37.9 Å². The van der Waals surface area contributed by atoms with Gasteiger partial charge in [0, 0.05) is 30.3 Å². The molecule has 4 rings (SSSR count). The molecule has 1 fully saturated rings. The molecule has 30 heavy (non-hydrogen) atoms. The summed E-state index contributed by atoms with van der Waals surface area (Å²) in [5.74, 6) is 0.352. The van der Waals surface area contributed by atoms with Crippen LogP contribution in [0.3, 0.4) is 0 Å². The molecule has 2 aliphatic heterocycles. The lowest BCUT2D eigenvalue weighted by atomic mass is 10.0. The Labute approximate surface area is 173 Å². The first-order valence-electron chi connectivity index (χ1n) is 10.3. The van der Waals surface area contributed by atoms with E-state index >= 15 is 0 Å². The third-order valence-corrected chi connectivity index (χ3v) is 5.90. The quantitative estimate of drug-likeness (QED) is 0.766. The average Bonchev–Trinajstić information content (AvgIpc) is 3.33. The van der Waals surface area contributed by atoms with Gasteiger partial charge in [-0.15, -0.1) is 0 Å². The molecule has 0 saturated carbocycles. The lowest BCUT2D eigenvalue weighted by Crippen LogP contribution is -2.38. The van der Waals surface area contributed by atoms with E-state index in [0.717, 1.165) is 16.8 Å². The Morgan fingerprint density at radius 3 is 2.77 bits per heavy atom. The Balaban J connectivity index is 1.41. The summed E-state index contributed by atoms with van der Waals surface area (Å²) in [5, 5.41) is 10.4. The first-order valence-corrected chi connectivity index (χ1v) is 10.3. The fraction of sp³-hybridized carbons (Fsp3) is 0.524. The van der Waals surface area contributed by atoms with E-state index in [1.807, 2.05) is 42.2 Å². The Morgan fingerprint density at radius 2 is 2.07 bits per heavy atom. The van der Waals surface area contributed by atoms with Gasteiger partial charge in [0.15, 0.2) is 6.04 Å². The summed E-state index contributed by atoms with van der Waals surface area (Å²) in [6.07, 6.45) is -2.95. The molecule has 0 bridgehead atoms. The monoisotopic (exact) mass is 421 g/mol. The molecule has 162 valence electrons. The number of halogens is 3. The van der Waals surface area contributed by atoms with E-state index in [-0.39, 0.29) is 30.8 Å². The first-order chi connectivity index (χ1) is 14.3. The van der Waals surface area contributed by atoms with Crippen molar-refractivity contribution in [2.75, 3.05) is 30.3 Å². The highest BCUT2D eigenvalue weighted by atomic mass is 19.4. The van der Waals surface area contributed by atoms with Gasteiger partial charge in [-0.2, -0.15) is 18.3 Å². The van der Waals surface area contributed by atoms with Crippen LogP contribution in [0.5, 0.6) is 0 Å². The number of nitrogens with one attached hydrogen (secondary N) is 2. The zero-order valence-electron chi connectivity index (χ0n) is 16.8. The third kappa shape index (κ3) is 4.45. The van der Waals surface area contributed by atoms with Crippen LogP contribution in [0.4, 0.5) is 24.7 Å². The molecule has 1 aromatic carbocycles. The highest BCUT2D eigenvalue weighted by molar-refractivity contribution is 5.92. The smallest absolute Gasteiger partial charge is 0.367 e. The van der Waals surface area contributed by atoms with E-state index in [1.54, 1.807) is 6.07 Å². The summed E-state index contributed by atoms with van der Waals surface area (Å²) in [6.45, 7) is 3.45. The molecule has 0 aliphatic carbocycles. The number of carbonyl (C=O) groups excluding carboxylic acids is 1. The van der Waals surface area contributed by atoms with E-state index < -0.39 is 12.2 Å². The minimum atomic E-state index is -4.33. The van der Waals surface area contributed by atoms with Crippen LogP contribution in [0.1, 0.15) is 43.8 Å². The molecular weight excluding hydrogens is 395 g/mol. The summed E-state index contributed by atoms with van der Waals surface area (Å²) in [6, 6.07) is 9.19. The van der Waals surface area contributed by atoms with Gasteiger partial charge in [0.25, 0.3) is 0 Å². The predicted molar refractivity (Wildman–Crippen MR) is 109 cm³/mol. The molecule has 9 heteroatoms. The molecule has 0 radical (unpaired) electrons. The molecule has 1 amide bonds. The first kappa shape index (κ1) is 20.7. The highest BCUT2D eigenvalue weighted by Gasteiger charge is 2.46. The summed E-state index contributed by atoms with van der Waals surface area (Å²) in [4.78, 5) is 14.3. The van der Waals surface area contributed by atoms with Crippen molar-refractivity contribution in [1.82, 2.24) is 14.7 Å². The van der Waals surface area contributed by atoms with Gasteiger partial charge < -0.3 is 10.6 Å². The number of likely N-dealkylation sites (tertiary alicyclic amines) is 1. The second kappa shape index (κ2) is 8.29. The number of hydrogen-bond donors (Lipinski definition) is 2. The van der Waals surface area contributed by atoms with Gasteiger partial charge in [0.2, 0.25) is 5.91 Å². The molecule has 3 atom stereocenters. The zero-order valence-corrected chi connectivity index (χ0v) is 16.8. The third-order valence-electron chi connectivity index (χ3n) is 5.90. The number of amides is 1. The lowest BCUT2D eigenvalue weighted by Gasteiger charge is -2.32. The van der Waals surface area contributed by atoms with E-state index in [9.17, 15) is 18.0 Å². The number of rotatable bonds is 5. The minimum absolute atomic E-state index is 0.00936. The Bertz CT molecular complexity index is 883. The summed E-state index contributed by atoms with van der Waals surface area (Å²) in [7, 11) is 0. The molecule has 0 unspecified atom stereocenters. The van der Waals surface area contributed by atoms with Gasteiger partial charge in [-0.25, -0.2) is 4.68 Å². The fourth-order valence-corrected chi connectivity index (χ4v) is 4.28. The van der Waals surface area contributed by atoms with E-state index in [4.69, 9.17) is 0 Å². The van der Waals surface area contributed by atoms with Gasteiger partial charge >= 0.3 is 6.18 Å². The van der Waals surface area contributed by atoms with Crippen LogP contribution in [-0.2, 0) is 4.79 Å². The van der Waals surface area contributed by atoms with Crippen molar-refractivity contribution in [3.8, 4) is 0 Å². The molecule has 1 aromatic heterocycles. The highest BCUT2D eigenvalue weighted by Crippen LogP contribution is 2.41. The van der Waals surface area contributed by atoms with E-state index in [0.29, 0.717) is 31.0 Å². The van der Waals surface area contributed by atoms with Crippen LogP contribution in [0.15, 0.2) is 36.4 Å². The molecular formula is C21H26F3N5O. The number of nitrogens with zero attached hydrogens (tertiary/aromatic N) is 3. The van der Waals surface area contributed by atoms with Gasteiger partial charge in [0.05, 0.1) is 12.2 Å². The van der Waals surface area contributed by atoms with E-state index in [1.165, 1.54) is 0 Å². The number of alkyl halides is 3. The Morgan fingerprint density at radius 1 is 1.30 bits per heavy atom. The van der Waals surface area contributed by atoms with Gasteiger partial charge in [-0.1, -0.05) is 25.1 Å². The number of aromatic nitrogens is 2. The lowest BCUT2D eigenvalue weighted by molar-refractivity contribution is -0.173. The number of para-hydroxylation sites is 1. The summed E-state index contributed by atoms with van der Waals surface area (Å²) >= 11 is 0. The van der Waals surface area contributed by atoms with Crippen LogP contribution in [0, 0.1) is 0 Å². The molecule has 2 aliphatic rings. The second-order valence-corrected chi connectivity index (χ2v) is 8.08. The number of fused-ring (bicyclic) bond motifs is 1. The molecule has 1 saturated heterocycles. The topological polar surface area (TPSA) is 62.2 Å². The van der Waals surface area contributed by atoms with Crippen LogP contribution in [-0.4, -0.2) is 52.4 Å². The summed E-state index contributed by atoms with van der Waals surface area (Å²) < 4.78 is 41.8. The molecule has 3 heterocycles. The SMILES string of the molecule is CC[C@H]1C[C@H](C(F)(F)F)n2nc([C@@H]3CCN(CC(=O)Nc4ccccc4)C3)cc2N1. The van der Waals surface area contributed by atoms with Gasteiger partial charge in [-0.3, -0.25) is 9.69 Å². The largest absolute Gasteiger partial charge is 0.410 e. The maximum atomic E-state index is 13.6. The normalized spacial score (nSPS) is 24.3. The van der Waals surface area contributed by atoms with Crippen LogP contribution < -0.4 is 10.6 Å². The van der Waals surface area contributed by atoms with Crippen molar-refractivity contribution >= 4 is 17.4 Å².